The maximum atomic E-state index is 12.9. The van der Waals surface area contributed by atoms with Gasteiger partial charge in [0.25, 0.3) is 0 Å². The number of carbonyl (C=O) groups excluding carboxylic acids is 6. The summed E-state index contributed by atoms with van der Waals surface area (Å²) in [5.74, 6) is 2.94. The van der Waals surface area contributed by atoms with E-state index in [1.165, 1.54) is 51.4 Å². The molecule has 4 rings (SSSR count). The third-order valence-corrected chi connectivity index (χ3v) is 16.1. The number of ether oxygens (including phenoxy) is 6. The summed E-state index contributed by atoms with van der Waals surface area (Å²) in [5, 5.41) is 3.10. The molecule has 13 heteroatoms. The van der Waals surface area contributed by atoms with Gasteiger partial charge in [-0.2, -0.15) is 0 Å². The van der Waals surface area contributed by atoms with Crippen molar-refractivity contribution in [2.75, 3.05) is 52.7 Å². The van der Waals surface area contributed by atoms with Crippen LogP contribution in [-0.4, -0.2) is 88.5 Å². The van der Waals surface area contributed by atoms with E-state index < -0.39 is 22.8 Å². The molecule has 4 aliphatic carbocycles. The van der Waals surface area contributed by atoms with Crippen molar-refractivity contribution in [3.63, 3.8) is 0 Å². The first-order chi connectivity index (χ1) is 33.0. The zero-order valence-corrected chi connectivity index (χ0v) is 44.1. The number of nitrogens with one attached hydrogen (secondary N) is 1. The van der Waals surface area contributed by atoms with E-state index in [0.717, 1.165) is 101 Å². The van der Waals surface area contributed by atoms with E-state index in [1.54, 1.807) is 13.8 Å². The molecule has 13 nitrogen and oxygen atoms in total. The van der Waals surface area contributed by atoms with E-state index in [-0.39, 0.29) is 89.4 Å². The second-order valence-electron chi connectivity index (χ2n) is 23.5. The minimum absolute atomic E-state index is 0.0270. The summed E-state index contributed by atoms with van der Waals surface area (Å²) >= 11 is 0. The SMILES string of the molecule is CC1CCC(CCC(=O)OCC(C)(COC(=O)CCNCCC(=O)OCC(C)(COC(=O)CCC2CCC(C)CC2)COC(=O)CCC2CCC(C)CC2)COC(=O)CCC2CCC(C)CC2)CC1. The van der Waals surface area contributed by atoms with E-state index in [4.69, 9.17) is 28.4 Å². The summed E-state index contributed by atoms with van der Waals surface area (Å²) in [6.45, 7) is 12.8. The van der Waals surface area contributed by atoms with Gasteiger partial charge in [-0.15, -0.1) is 0 Å². The molecule has 0 aromatic rings. The summed E-state index contributed by atoms with van der Waals surface area (Å²) in [6.07, 6.45) is 23.2. The van der Waals surface area contributed by atoms with Gasteiger partial charge >= 0.3 is 35.8 Å². The van der Waals surface area contributed by atoms with Crippen molar-refractivity contribution in [3.8, 4) is 0 Å². The van der Waals surface area contributed by atoms with Gasteiger partial charge in [-0.05, 0) is 86.9 Å². The Hall–Kier alpha value is -3.22. The summed E-state index contributed by atoms with van der Waals surface area (Å²) in [4.78, 5) is 77.3. The first-order valence-corrected chi connectivity index (χ1v) is 27.6. The van der Waals surface area contributed by atoms with E-state index >= 15 is 0 Å². The topological polar surface area (TPSA) is 170 Å². The van der Waals surface area contributed by atoms with Crippen LogP contribution in [-0.2, 0) is 57.2 Å². The van der Waals surface area contributed by atoms with Gasteiger partial charge in [0.15, 0.2) is 0 Å². The molecule has 0 atom stereocenters. The molecule has 0 aromatic carbocycles. The van der Waals surface area contributed by atoms with Crippen molar-refractivity contribution in [2.24, 2.45) is 58.2 Å². The molecule has 4 fully saturated rings. The summed E-state index contributed by atoms with van der Waals surface area (Å²) in [7, 11) is 0. The van der Waals surface area contributed by atoms with Gasteiger partial charge in [0, 0.05) is 38.8 Å². The van der Waals surface area contributed by atoms with Gasteiger partial charge in [-0.3, -0.25) is 28.8 Å². The van der Waals surface area contributed by atoms with Gasteiger partial charge in [-0.25, -0.2) is 0 Å². The van der Waals surface area contributed by atoms with Crippen LogP contribution in [0.5, 0.6) is 0 Å². The third kappa shape index (κ3) is 25.1. The molecule has 0 saturated heterocycles. The first-order valence-electron chi connectivity index (χ1n) is 27.6. The number of hydrogen-bond acceptors (Lipinski definition) is 13. The molecule has 0 aliphatic heterocycles. The first kappa shape index (κ1) is 58.4. The average molecular weight is 974 g/mol. The van der Waals surface area contributed by atoms with E-state index in [9.17, 15) is 28.8 Å². The normalized spacial score (nSPS) is 26.9. The molecule has 1 N–H and O–H groups in total. The molecular formula is C56H95NO12. The summed E-state index contributed by atoms with van der Waals surface area (Å²) in [6, 6.07) is 0. The highest BCUT2D eigenvalue weighted by Crippen LogP contribution is 2.35. The van der Waals surface area contributed by atoms with Crippen molar-refractivity contribution in [2.45, 2.75) is 208 Å². The lowest BCUT2D eigenvalue weighted by molar-refractivity contribution is -0.163. The quantitative estimate of drug-likeness (QED) is 0.0410. The van der Waals surface area contributed by atoms with Gasteiger partial charge in [0.1, 0.15) is 39.6 Å². The Kier molecular flexibility index (Phi) is 26.5. The fraction of sp³-hybridized carbons (Fsp3) is 0.893. The van der Waals surface area contributed by atoms with Crippen LogP contribution in [0.1, 0.15) is 208 Å². The van der Waals surface area contributed by atoms with Gasteiger partial charge in [-0.1, -0.05) is 130 Å². The molecule has 0 aromatic heterocycles. The Bertz CT molecular complexity index is 1340. The van der Waals surface area contributed by atoms with Crippen LogP contribution >= 0.6 is 0 Å². The summed E-state index contributed by atoms with van der Waals surface area (Å²) < 4.78 is 34.2. The highest BCUT2D eigenvalue weighted by atomic mass is 16.6. The van der Waals surface area contributed by atoms with Crippen molar-refractivity contribution in [1.29, 1.82) is 0 Å². The molecule has 0 bridgehead atoms. The number of hydrogen-bond donors (Lipinski definition) is 1. The molecule has 0 unspecified atom stereocenters. The minimum Gasteiger partial charge on any atom is -0.465 e. The van der Waals surface area contributed by atoms with Gasteiger partial charge < -0.3 is 33.7 Å². The van der Waals surface area contributed by atoms with E-state index in [2.05, 4.69) is 33.0 Å². The predicted molar refractivity (Wildman–Crippen MR) is 265 cm³/mol. The van der Waals surface area contributed by atoms with Crippen molar-refractivity contribution < 1.29 is 57.2 Å². The van der Waals surface area contributed by atoms with Crippen LogP contribution in [0.15, 0.2) is 0 Å². The minimum atomic E-state index is -0.925. The summed E-state index contributed by atoms with van der Waals surface area (Å²) in [5.41, 5.74) is -1.85. The molecule has 0 heterocycles. The molecule has 4 saturated carbocycles. The second kappa shape index (κ2) is 31.3. The van der Waals surface area contributed by atoms with Crippen LogP contribution < -0.4 is 5.32 Å². The molecule has 0 radical (unpaired) electrons. The highest BCUT2D eigenvalue weighted by Gasteiger charge is 2.33. The second-order valence-corrected chi connectivity index (χ2v) is 23.5. The lowest BCUT2D eigenvalue weighted by Gasteiger charge is -2.29. The Morgan fingerprint density at radius 3 is 0.725 bits per heavy atom. The number of esters is 6. The molecule has 0 amide bonds. The fourth-order valence-electron chi connectivity index (χ4n) is 10.5. The van der Waals surface area contributed by atoms with Crippen molar-refractivity contribution >= 4 is 35.8 Å². The van der Waals surface area contributed by atoms with E-state index in [1.807, 2.05) is 0 Å². The third-order valence-electron chi connectivity index (χ3n) is 16.1. The van der Waals surface area contributed by atoms with Crippen molar-refractivity contribution in [3.05, 3.63) is 0 Å². The maximum absolute atomic E-state index is 12.9. The zero-order valence-electron chi connectivity index (χ0n) is 44.1. The zero-order chi connectivity index (χ0) is 50.1. The van der Waals surface area contributed by atoms with E-state index in [0.29, 0.717) is 49.4 Å². The fourth-order valence-corrected chi connectivity index (χ4v) is 10.5. The van der Waals surface area contributed by atoms with Crippen molar-refractivity contribution in [1.82, 2.24) is 5.32 Å². The molecule has 0 spiro atoms. The van der Waals surface area contributed by atoms with Crippen LogP contribution in [0.25, 0.3) is 0 Å². The Morgan fingerprint density at radius 2 is 0.522 bits per heavy atom. The van der Waals surface area contributed by atoms with Gasteiger partial charge in [0.2, 0.25) is 0 Å². The predicted octanol–water partition coefficient (Wildman–Crippen LogP) is 11.1. The Morgan fingerprint density at radius 1 is 0.333 bits per heavy atom. The van der Waals surface area contributed by atoms with Crippen LogP contribution in [0, 0.1) is 58.2 Å². The molecular weight excluding hydrogens is 879 g/mol. The lowest BCUT2D eigenvalue weighted by atomic mass is 9.81. The standard InChI is InChI=1S/C56H95NO12/c1-41-7-15-45(16-8-41)23-27-49(58)64-35-55(5,36-65-50(59)28-24-46-17-9-42(2)10-18-46)39-68-53(62)31-33-57-34-32-54(63)69-40-56(6,37-66-51(60)29-25-47-19-11-43(3)12-20-47)38-67-52(61)30-26-48-21-13-44(4)14-22-48/h41-48,57H,7-40H2,1-6H3. The maximum Gasteiger partial charge on any atom is 0.307 e. The van der Waals surface area contributed by atoms with Crippen LogP contribution in [0.4, 0.5) is 0 Å². The molecule has 4 aliphatic rings. The highest BCUT2D eigenvalue weighted by molar-refractivity contribution is 5.72. The Balaban J connectivity index is 1.17. The smallest absolute Gasteiger partial charge is 0.307 e. The molecule has 396 valence electrons. The van der Waals surface area contributed by atoms with Crippen LogP contribution in [0.2, 0.25) is 0 Å². The lowest BCUT2D eigenvalue weighted by Crippen LogP contribution is -2.37. The largest absolute Gasteiger partial charge is 0.465 e. The molecule has 69 heavy (non-hydrogen) atoms. The van der Waals surface area contributed by atoms with Crippen LogP contribution in [0.3, 0.4) is 0 Å². The monoisotopic (exact) mass is 974 g/mol. The number of carbonyl (C=O) groups is 6. The van der Waals surface area contributed by atoms with Gasteiger partial charge in [0.05, 0.1) is 23.7 Å². The Labute approximate surface area is 416 Å². The average Bonchev–Trinajstić information content (AvgIpc) is 3.34. The number of rotatable bonds is 30.